The van der Waals surface area contributed by atoms with E-state index >= 15 is 0 Å². The normalized spacial score (nSPS) is 22.6. The molecule has 0 amide bonds. The van der Waals surface area contributed by atoms with E-state index in [1.807, 2.05) is 6.08 Å². The summed E-state index contributed by atoms with van der Waals surface area (Å²) in [6, 6.07) is 16.8. The number of rotatable bonds is 14. The van der Waals surface area contributed by atoms with E-state index in [0.717, 1.165) is 74.4 Å². The summed E-state index contributed by atoms with van der Waals surface area (Å²) in [4.78, 5) is 44.2. The Morgan fingerprint density at radius 3 is 2.02 bits per heavy atom. The molecular formula is C43H57N2O3+. The fraction of sp³-hybridized carbons (Fsp3) is 0.535. The molecule has 0 N–H and O–H groups in total. The SMILES string of the molecule is CCCCC(CC)CN1/C(=C\C2C(=O)C(=O)/C(=C\C3=[N+](CC(CC)CCCC)c4ccccc4C3(C)C)C2=O)C(C)(C)c2ccccc21. The lowest BCUT2D eigenvalue weighted by molar-refractivity contribution is -0.447. The van der Waals surface area contributed by atoms with E-state index in [0.29, 0.717) is 11.8 Å². The van der Waals surface area contributed by atoms with Gasteiger partial charge in [-0.15, -0.1) is 0 Å². The molecule has 0 radical (unpaired) electrons. The molecule has 2 heterocycles. The third-order valence-corrected chi connectivity index (χ3v) is 11.5. The van der Waals surface area contributed by atoms with Crippen molar-refractivity contribution in [2.45, 2.75) is 118 Å². The fourth-order valence-electron chi connectivity index (χ4n) is 8.24. The van der Waals surface area contributed by atoms with Crippen molar-refractivity contribution in [3.05, 3.63) is 83.1 Å². The van der Waals surface area contributed by atoms with E-state index in [4.69, 9.17) is 0 Å². The Morgan fingerprint density at radius 2 is 1.38 bits per heavy atom. The maximum atomic E-state index is 14.3. The predicted octanol–water partition coefficient (Wildman–Crippen LogP) is 9.44. The van der Waals surface area contributed by atoms with E-state index in [-0.39, 0.29) is 11.4 Å². The molecule has 0 bridgehead atoms. The Balaban J connectivity index is 1.57. The molecule has 5 nitrogen and oxygen atoms in total. The first-order chi connectivity index (χ1) is 22.9. The second-order valence-corrected chi connectivity index (χ2v) is 15.4. The first kappa shape index (κ1) is 35.7. The number of carbonyl (C=O) groups is 3. The number of hydrogen-bond acceptors (Lipinski definition) is 4. The third kappa shape index (κ3) is 6.42. The smallest absolute Gasteiger partial charge is 0.233 e. The highest BCUT2D eigenvalue weighted by molar-refractivity contribution is 6.60. The maximum absolute atomic E-state index is 14.3. The molecule has 2 aromatic rings. The van der Waals surface area contributed by atoms with Crippen molar-refractivity contribution in [3.63, 3.8) is 0 Å². The second-order valence-electron chi connectivity index (χ2n) is 15.4. The summed E-state index contributed by atoms with van der Waals surface area (Å²) < 4.78 is 2.32. The van der Waals surface area contributed by atoms with Crippen LogP contribution in [0.25, 0.3) is 0 Å². The van der Waals surface area contributed by atoms with E-state index in [1.54, 1.807) is 6.08 Å². The molecule has 3 atom stereocenters. The van der Waals surface area contributed by atoms with Gasteiger partial charge in [0.05, 0.1) is 11.0 Å². The molecule has 5 heteroatoms. The van der Waals surface area contributed by atoms with Crippen LogP contribution in [0.2, 0.25) is 0 Å². The van der Waals surface area contributed by atoms with Gasteiger partial charge in [0.15, 0.2) is 18.0 Å². The van der Waals surface area contributed by atoms with Gasteiger partial charge in [-0.3, -0.25) is 14.4 Å². The van der Waals surface area contributed by atoms with E-state index < -0.39 is 28.3 Å². The zero-order valence-corrected chi connectivity index (χ0v) is 30.7. The lowest BCUT2D eigenvalue weighted by Crippen LogP contribution is -2.32. The van der Waals surface area contributed by atoms with Crippen LogP contribution in [0, 0.1) is 17.8 Å². The van der Waals surface area contributed by atoms with Crippen LogP contribution in [0.1, 0.15) is 118 Å². The Labute approximate surface area is 289 Å². The van der Waals surface area contributed by atoms with Gasteiger partial charge < -0.3 is 4.90 Å². The van der Waals surface area contributed by atoms with Crippen LogP contribution < -0.4 is 4.90 Å². The lowest BCUT2D eigenvalue weighted by atomic mass is 9.80. The van der Waals surface area contributed by atoms with Crippen molar-refractivity contribution in [2.75, 3.05) is 18.0 Å². The van der Waals surface area contributed by atoms with Crippen LogP contribution in [0.5, 0.6) is 0 Å². The number of hydrogen-bond donors (Lipinski definition) is 0. The Bertz CT molecular complexity index is 1660. The van der Waals surface area contributed by atoms with Gasteiger partial charge in [-0.1, -0.05) is 110 Å². The summed E-state index contributed by atoms with van der Waals surface area (Å²) >= 11 is 0. The average molecular weight is 650 g/mol. The van der Waals surface area contributed by atoms with Crippen molar-refractivity contribution in [3.8, 4) is 0 Å². The highest BCUT2D eigenvalue weighted by Crippen LogP contribution is 2.49. The first-order valence-electron chi connectivity index (χ1n) is 18.6. The Hall–Kier alpha value is -3.60. The van der Waals surface area contributed by atoms with Gasteiger partial charge in [0.2, 0.25) is 17.3 Å². The molecule has 2 aromatic carbocycles. The number of unbranched alkanes of at least 4 members (excludes halogenated alkanes) is 2. The average Bonchev–Trinajstić information content (AvgIpc) is 3.52. The molecule has 256 valence electrons. The number of nitrogens with zero attached hydrogens (tertiary/aromatic N) is 2. The quantitative estimate of drug-likeness (QED) is 0.0673. The van der Waals surface area contributed by atoms with Gasteiger partial charge in [-0.25, -0.2) is 0 Å². The summed E-state index contributed by atoms with van der Waals surface area (Å²) in [5.74, 6) is -1.79. The summed E-state index contributed by atoms with van der Waals surface area (Å²) in [5.41, 5.74) is 5.69. The second kappa shape index (κ2) is 14.5. The predicted molar refractivity (Wildman–Crippen MR) is 197 cm³/mol. The van der Waals surface area contributed by atoms with Crippen LogP contribution in [0.15, 0.2) is 72.0 Å². The number of fused-ring (bicyclic) bond motifs is 2. The number of benzene rings is 2. The number of anilines is 1. The minimum absolute atomic E-state index is 0.0265. The van der Waals surface area contributed by atoms with Crippen LogP contribution >= 0.6 is 0 Å². The molecule has 5 rings (SSSR count). The Morgan fingerprint density at radius 1 is 0.771 bits per heavy atom. The van der Waals surface area contributed by atoms with E-state index in [1.165, 1.54) is 24.0 Å². The summed E-state index contributed by atoms with van der Waals surface area (Å²) in [6.07, 6.45) is 12.6. The zero-order valence-electron chi connectivity index (χ0n) is 30.7. The van der Waals surface area contributed by atoms with Crippen LogP contribution in [0.4, 0.5) is 11.4 Å². The molecule has 1 fully saturated rings. The molecule has 0 aromatic heterocycles. The molecule has 1 saturated carbocycles. The highest BCUT2D eigenvalue weighted by atomic mass is 16.2. The topological polar surface area (TPSA) is 57.5 Å². The van der Waals surface area contributed by atoms with Gasteiger partial charge in [0.1, 0.15) is 5.92 Å². The largest absolute Gasteiger partial charge is 0.344 e. The van der Waals surface area contributed by atoms with Crippen LogP contribution in [-0.4, -0.2) is 40.7 Å². The van der Waals surface area contributed by atoms with Crippen molar-refractivity contribution < 1.29 is 19.0 Å². The standard InChI is InChI=1S/C43H57N2O3/c1-9-13-19-29(11-3)27-44-35-23-17-15-21-33(35)42(5,6)37(44)25-31-39(46)32(41(48)40(31)47)26-38-43(7,8)34-22-16-18-24-36(34)45(38)28-30(12-4)20-14-10-2/h15-18,21-26,29-31H,9-14,19-20,27-28H2,1-8H3/q+1/b32-26-,37-25-. The number of carbonyl (C=O) groups excluding carboxylic acids is 3. The minimum Gasteiger partial charge on any atom is -0.344 e. The van der Waals surface area contributed by atoms with E-state index in [2.05, 4.69) is 113 Å². The molecule has 2 aliphatic heterocycles. The summed E-state index contributed by atoms with van der Waals surface area (Å²) in [6.45, 7) is 19.2. The summed E-state index contributed by atoms with van der Waals surface area (Å²) in [5, 5.41) is 0. The number of allylic oxidation sites excluding steroid dienone is 4. The first-order valence-corrected chi connectivity index (χ1v) is 18.6. The fourth-order valence-corrected chi connectivity index (χ4v) is 8.24. The van der Waals surface area contributed by atoms with E-state index in [9.17, 15) is 14.4 Å². The molecule has 0 saturated heterocycles. The van der Waals surface area contributed by atoms with Crippen molar-refractivity contribution >= 4 is 34.4 Å². The maximum Gasteiger partial charge on any atom is 0.233 e. The monoisotopic (exact) mass is 649 g/mol. The molecule has 3 aliphatic rings. The number of ketones is 3. The van der Waals surface area contributed by atoms with Gasteiger partial charge in [0.25, 0.3) is 0 Å². The lowest BCUT2D eigenvalue weighted by Gasteiger charge is -2.31. The van der Waals surface area contributed by atoms with Gasteiger partial charge in [0, 0.05) is 47.0 Å². The molecular weight excluding hydrogens is 592 g/mol. The van der Waals surface area contributed by atoms with Crippen molar-refractivity contribution in [1.82, 2.24) is 0 Å². The minimum atomic E-state index is -1.11. The van der Waals surface area contributed by atoms with Crippen molar-refractivity contribution in [1.29, 1.82) is 0 Å². The van der Waals surface area contributed by atoms with Crippen LogP contribution in [-0.2, 0) is 25.2 Å². The number of Topliss-reactive ketones (excluding diaryl/α,β-unsaturated/α-hetero) is 3. The third-order valence-electron chi connectivity index (χ3n) is 11.5. The highest BCUT2D eigenvalue weighted by Gasteiger charge is 2.50. The zero-order chi connectivity index (χ0) is 34.8. The summed E-state index contributed by atoms with van der Waals surface area (Å²) in [7, 11) is 0. The van der Waals surface area contributed by atoms with Crippen LogP contribution in [0.3, 0.4) is 0 Å². The molecule has 48 heavy (non-hydrogen) atoms. The number of para-hydroxylation sites is 2. The van der Waals surface area contributed by atoms with Gasteiger partial charge in [-0.2, -0.15) is 4.58 Å². The molecule has 0 spiro atoms. The van der Waals surface area contributed by atoms with Gasteiger partial charge >= 0.3 is 0 Å². The Kier molecular flexibility index (Phi) is 10.8. The van der Waals surface area contributed by atoms with Gasteiger partial charge in [-0.05, 0) is 56.7 Å². The van der Waals surface area contributed by atoms with Crippen molar-refractivity contribution in [2.24, 2.45) is 17.8 Å². The molecule has 3 unspecified atom stereocenters. The molecule has 1 aliphatic carbocycles.